The van der Waals surface area contributed by atoms with Crippen LogP contribution in [0.15, 0.2) is 24.3 Å². The molecule has 82 valence electrons. The highest BCUT2D eigenvalue weighted by molar-refractivity contribution is 5.48. The van der Waals surface area contributed by atoms with Crippen molar-refractivity contribution in [1.29, 1.82) is 0 Å². The van der Waals surface area contributed by atoms with Crippen LogP contribution in [-0.4, -0.2) is 30.5 Å². The van der Waals surface area contributed by atoms with E-state index in [1.165, 1.54) is 0 Å². The lowest BCUT2D eigenvalue weighted by molar-refractivity contribution is 0.0286. The van der Waals surface area contributed by atoms with Crippen LogP contribution in [0.5, 0.6) is 5.75 Å². The number of rotatable bonds is 2. The third-order valence-corrected chi connectivity index (χ3v) is 2.49. The first-order chi connectivity index (χ1) is 7.25. The summed E-state index contributed by atoms with van der Waals surface area (Å²) >= 11 is 0. The summed E-state index contributed by atoms with van der Waals surface area (Å²) in [5.74, 6) is 0.183. The van der Waals surface area contributed by atoms with Gasteiger partial charge in [0.2, 0.25) is 0 Å². The fourth-order valence-electron chi connectivity index (χ4n) is 1.68. The number of alkyl halides is 1. The van der Waals surface area contributed by atoms with Gasteiger partial charge in [-0.15, -0.1) is 0 Å². The second kappa shape index (κ2) is 4.49. The van der Waals surface area contributed by atoms with E-state index in [0.717, 1.165) is 5.69 Å². The predicted octanol–water partition coefficient (Wildman–Crippen LogP) is 1.93. The van der Waals surface area contributed by atoms with Crippen molar-refractivity contribution < 1.29 is 14.2 Å². The molecule has 0 aromatic heterocycles. The summed E-state index contributed by atoms with van der Waals surface area (Å²) in [6.45, 7) is 0.730. The van der Waals surface area contributed by atoms with Crippen molar-refractivity contribution in [2.24, 2.45) is 0 Å². The number of halogens is 1. The third kappa shape index (κ3) is 2.59. The number of ether oxygens (including phenoxy) is 1. The monoisotopic (exact) mass is 211 g/mol. The van der Waals surface area contributed by atoms with Gasteiger partial charge in [0.1, 0.15) is 11.9 Å². The Kier molecular flexibility index (Phi) is 3.06. The molecule has 0 amide bonds. The normalized spacial score (nSPS) is 26.2. The first-order valence-corrected chi connectivity index (χ1v) is 5.03. The van der Waals surface area contributed by atoms with Gasteiger partial charge in [-0.05, 0) is 18.6 Å². The van der Waals surface area contributed by atoms with Gasteiger partial charge in [0, 0.05) is 18.4 Å². The number of nitrogens with one attached hydrogen (secondary N) is 1. The lowest BCUT2D eigenvalue weighted by atomic mass is 10.1. The zero-order valence-electron chi connectivity index (χ0n) is 8.32. The maximum Gasteiger partial charge on any atom is 0.143 e. The van der Waals surface area contributed by atoms with Crippen molar-refractivity contribution >= 4 is 5.69 Å². The van der Waals surface area contributed by atoms with Crippen LogP contribution >= 0.6 is 0 Å². The molecule has 1 aliphatic heterocycles. The van der Waals surface area contributed by atoms with Gasteiger partial charge in [-0.25, -0.2) is 4.39 Å². The van der Waals surface area contributed by atoms with Crippen LogP contribution < -0.4 is 5.32 Å². The van der Waals surface area contributed by atoms with E-state index in [4.69, 9.17) is 4.74 Å². The Morgan fingerprint density at radius 1 is 1.47 bits per heavy atom. The molecule has 4 heteroatoms. The number of anilines is 1. The van der Waals surface area contributed by atoms with Crippen LogP contribution in [0.3, 0.4) is 0 Å². The van der Waals surface area contributed by atoms with Crippen LogP contribution in [0.1, 0.15) is 6.42 Å². The molecule has 2 N–H and O–H groups in total. The minimum Gasteiger partial charge on any atom is -0.508 e. The first kappa shape index (κ1) is 10.2. The van der Waals surface area contributed by atoms with Crippen LogP contribution in [-0.2, 0) is 4.74 Å². The first-order valence-electron chi connectivity index (χ1n) is 5.03. The zero-order chi connectivity index (χ0) is 10.7. The molecule has 0 spiro atoms. The summed E-state index contributed by atoms with van der Waals surface area (Å²) in [6, 6.07) is 6.48. The SMILES string of the molecule is Oc1cccc(NC2CCOCC2F)c1. The van der Waals surface area contributed by atoms with Crippen molar-refractivity contribution in [3.63, 3.8) is 0 Å². The summed E-state index contributed by atoms with van der Waals surface area (Å²) in [5.41, 5.74) is 0.740. The molecule has 2 atom stereocenters. The molecule has 0 radical (unpaired) electrons. The van der Waals surface area contributed by atoms with E-state index in [2.05, 4.69) is 5.32 Å². The molecule has 1 aromatic carbocycles. The maximum absolute atomic E-state index is 13.4. The number of aromatic hydroxyl groups is 1. The van der Waals surface area contributed by atoms with Crippen molar-refractivity contribution in [3.8, 4) is 5.75 Å². The zero-order valence-corrected chi connectivity index (χ0v) is 8.32. The lowest BCUT2D eigenvalue weighted by Crippen LogP contribution is -2.39. The number of phenolic OH excluding ortho intramolecular Hbond substituents is 1. The van der Waals surface area contributed by atoms with Gasteiger partial charge in [0.15, 0.2) is 0 Å². The largest absolute Gasteiger partial charge is 0.508 e. The molecule has 0 aliphatic carbocycles. The average molecular weight is 211 g/mol. The standard InChI is InChI=1S/C11H14FNO2/c12-10-7-15-5-4-11(10)13-8-2-1-3-9(14)6-8/h1-3,6,10-11,13-14H,4-5,7H2. The van der Waals surface area contributed by atoms with Crippen molar-refractivity contribution in [2.75, 3.05) is 18.5 Å². The lowest BCUT2D eigenvalue weighted by Gasteiger charge is -2.27. The third-order valence-electron chi connectivity index (χ3n) is 2.49. The fourth-order valence-corrected chi connectivity index (χ4v) is 1.68. The number of phenols is 1. The van der Waals surface area contributed by atoms with E-state index < -0.39 is 6.17 Å². The Labute approximate surface area is 87.9 Å². The smallest absolute Gasteiger partial charge is 0.143 e. The molecule has 2 rings (SSSR count). The molecule has 1 aromatic rings. The van der Waals surface area contributed by atoms with Gasteiger partial charge >= 0.3 is 0 Å². The molecule has 15 heavy (non-hydrogen) atoms. The minimum absolute atomic E-state index is 0.149. The van der Waals surface area contributed by atoms with E-state index in [9.17, 15) is 9.50 Å². The maximum atomic E-state index is 13.4. The van der Waals surface area contributed by atoms with Gasteiger partial charge < -0.3 is 15.2 Å². The fraction of sp³-hybridized carbons (Fsp3) is 0.455. The van der Waals surface area contributed by atoms with Gasteiger partial charge in [0.25, 0.3) is 0 Å². The van der Waals surface area contributed by atoms with Gasteiger partial charge in [-0.2, -0.15) is 0 Å². The molecule has 2 unspecified atom stereocenters. The summed E-state index contributed by atoms with van der Waals surface area (Å²) in [6.07, 6.45) is -0.335. The molecule has 1 aliphatic rings. The molecule has 1 heterocycles. The van der Waals surface area contributed by atoms with Crippen molar-refractivity contribution in [1.82, 2.24) is 0 Å². The highest BCUT2D eigenvalue weighted by atomic mass is 19.1. The topological polar surface area (TPSA) is 41.5 Å². The summed E-state index contributed by atoms with van der Waals surface area (Å²) in [7, 11) is 0. The Morgan fingerprint density at radius 3 is 3.07 bits per heavy atom. The quantitative estimate of drug-likeness (QED) is 0.785. The van der Waals surface area contributed by atoms with Crippen molar-refractivity contribution in [2.45, 2.75) is 18.6 Å². The average Bonchev–Trinajstić information content (AvgIpc) is 2.22. The second-order valence-corrected chi connectivity index (χ2v) is 3.68. The molecular weight excluding hydrogens is 197 g/mol. The molecular formula is C11H14FNO2. The second-order valence-electron chi connectivity index (χ2n) is 3.68. The van der Waals surface area contributed by atoms with E-state index in [1.54, 1.807) is 18.2 Å². The highest BCUT2D eigenvalue weighted by Crippen LogP contribution is 2.20. The van der Waals surface area contributed by atoms with Crippen LogP contribution in [0, 0.1) is 0 Å². The number of hydrogen-bond donors (Lipinski definition) is 2. The molecule has 1 fully saturated rings. The molecule has 0 saturated carbocycles. The van der Waals surface area contributed by atoms with E-state index >= 15 is 0 Å². The van der Waals surface area contributed by atoms with Gasteiger partial charge in [0.05, 0.1) is 12.6 Å². The Bertz CT molecular complexity index is 332. The summed E-state index contributed by atoms with van der Waals surface area (Å²) < 4.78 is 18.4. The summed E-state index contributed by atoms with van der Waals surface area (Å²) in [4.78, 5) is 0. The van der Waals surface area contributed by atoms with E-state index in [1.807, 2.05) is 6.07 Å². The number of hydrogen-bond acceptors (Lipinski definition) is 3. The Morgan fingerprint density at radius 2 is 2.33 bits per heavy atom. The van der Waals surface area contributed by atoms with E-state index in [0.29, 0.717) is 13.0 Å². The molecule has 1 saturated heterocycles. The molecule has 3 nitrogen and oxygen atoms in total. The predicted molar refractivity (Wildman–Crippen MR) is 55.8 cm³/mol. The van der Waals surface area contributed by atoms with E-state index in [-0.39, 0.29) is 18.4 Å². The Balaban J connectivity index is 2.01. The van der Waals surface area contributed by atoms with Gasteiger partial charge in [-0.3, -0.25) is 0 Å². The van der Waals surface area contributed by atoms with Crippen LogP contribution in [0.25, 0.3) is 0 Å². The molecule has 0 bridgehead atoms. The van der Waals surface area contributed by atoms with Crippen LogP contribution in [0.2, 0.25) is 0 Å². The van der Waals surface area contributed by atoms with Crippen molar-refractivity contribution in [3.05, 3.63) is 24.3 Å². The highest BCUT2D eigenvalue weighted by Gasteiger charge is 2.24. The Hall–Kier alpha value is -1.29. The van der Waals surface area contributed by atoms with Crippen LogP contribution in [0.4, 0.5) is 10.1 Å². The summed E-state index contributed by atoms with van der Waals surface area (Å²) in [5, 5.41) is 12.3. The minimum atomic E-state index is -0.985. The number of benzene rings is 1. The van der Waals surface area contributed by atoms with Gasteiger partial charge in [-0.1, -0.05) is 6.07 Å².